The number of ether oxygens (including phenoxy) is 1. The number of hydrogen-bond donors (Lipinski definition) is 1. The number of urea groups is 1. The van der Waals surface area contributed by atoms with Crippen LogP contribution in [-0.4, -0.2) is 68.2 Å². The molecule has 2 amide bonds. The second-order valence-corrected chi connectivity index (χ2v) is 5.29. The lowest BCUT2D eigenvalue weighted by Gasteiger charge is -2.49. The van der Waals surface area contributed by atoms with Crippen LogP contribution in [0.25, 0.3) is 0 Å². The van der Waals surface area contributed by atoms with Gasteiger partial charge in [0.05, 0.1) is 6.61 Å². The molecule has 0 radical (unpaired) electrons. The Balaban J connectivity index is 2.38. The predicted octanol–water partition coefficient (Wildman–Crippen LogP) is 0.675. The van der Waals surface area contributed by atoms with Gasteiger partial charge in [0.25, 0.3) is 0 Å². The van der Waals surface area contributed by atoms with Crippen molar-refractivity contribution < 1.29 is 14.3 Å². The van der Waals surface area contributed by atoms with Crippen LogP contribution in [0.1, 0.15) is 26.2 Å². The van der Waals surface area contributed by atoms with E-state index in [1.807, 2.05) is 14.1 Å². The highest BCUT2D eigenvalue weighted by Crippen LogP contribution is 2.36. The lowest BCUT2D eigenvalue weighted by molar-refractivity contribution is -0.141. The van der Waals surface area contributed by atoms with Gasteiger partial charge in [0, 0.05) is 19.1 Å². The van der Waals surface area contributed by atoms with E-state index < -0.39 is 5.97 Å². The zero-order valence-electron chi connectivity index (χ0n) is 12.4. The predicted molar refractivity (Wildman–Crippen MR) is 72.9 cm³/mol. The monoisotopic (exact) mass is 271 g/mol. The molecule has 1 N–H and O–H groups in total. The van der Waals surface area contributed by atoms with Gasteiger partial charge in [-0.3, -0.25) is 4.79 Å². The summed E-state index contributed by atoms with van der Waals surface area (Å²) < 4.78 is 4.76. The van der Waals surface area contributed by atoms with Crippen molar-refractivity contribution >= 4 is 12.0 Å². The molecule has 110 valence electrons. The Morgan fingerprint density at radius 3 is 2.32 bits per heavy atom. The summed E-state index contributed by atoms with van der Waals surface area (Å²) in [5, 5.41) is 2.57. The van der Waals surface area contributed by atoms with Crippen molar-refractivity contribution in [3.05, 3.63) is 0 Å². The summed E-state index contributed by atoms with van der Waals surface area (Å²) in [4.78, 5) is 26.9. The van der Waals surface area contributed by atoms with E-state index in [2.05, 4.69) is 10.2 Å². The van der Waals surface area contributed by atoms with Crippen molar-refractivity contribution in [3.8, 4) is 0 Å². The lowest BCUT2D eigenvalue weighted by Crippen LogP contribution is -2.58. The van der Waals surface area contributed by atoms with E-state index in [0.29, 0.717) is 13.2 Å². The third-order valence-electron chi connectivity index (χ3n) is 3.80. The molecule has 0 bridgehead atoms. The van der Waals surface area contributed by atoms with Crippen LogP contribution in [0.3, 0.4) is 0 Å². The molecule has 0 saturated heterocycles. The molecule has 0 spiro atoms. The highest BCUT2D eigenvalue weighted by Gasteiger charge is 2.40. The summed E-state index contributed by atoms with van der Waals surface area (Å²) in [5.74, 6) is -0.407. The number of esters is 1. The third kappa shape index (κ3) is 4.09. The highest BCUT2D eigenvalue weighted by molar-refractivity contribution is 5.80. The number of amides is 2. The van der Waals surface area contributed by atoms with E-state index in [1.54, 1.807) is 18.9 Å². The van der Waals surface area contributed by atoms with Crippen LogP contribution in [0.4, 0.5) is 4.79 Å². The second-order valence-electron chi connectivity index (χ2n) is 5.29. The van der Waals surface area contributed by atoms with Gasteiger partial charge in [-0.2, -0.15) is 0 Å². The second kappa shape index (κ2) is 6.75. The quantitative estimate of drug-likeness (QED) is 0.722. The van der Waals surface area contributed by atoms with Gasteiger partial charge in [0.1, 0.15) is 6.54 Å². The van der Waals surface area contributed by atoms with Crippen molar-refractivity contribution in [2.75, 3.05) is 40.8 Å². The van der Waals surface area contributed by atoms with Gasteiger partial charge in [-0.05, 0) is 40.3 Å². The van der Waals surface area contributed by atoms with E-state index in [4.69, 9.17) is 4.74 Å². The van der Waals surface area contributed by atoms with Crippen LogP contribution in [-0.2, 0) is 9.53 Å². The Labute approximate surface area is 115 Å². The number of likely N-dealkylation sites (N-methyl/N-ethyl adjacent to an activating group) is 2. The van der Waals surface area contributed by atoms with E-state index in [-0.39, 0.29) is 18.1 Å². The maximum Gasteiger partial charge on any atom is 0.325 e. The molecule has 0 unspecified atom stereocenters. The smallest absolute Gasteiger partial charge is 0.325 e. The molecule has 0 atom stereocenters. The molecule has 0 heterocycles. The molecule has 6 nitrogen and oxygen atoms in total. The van der Waals surface area contributed by atoms with Gasteiger partial charge >= 0.3 is 12.0 Å². The molecule has 0 aromatic heterocycles. The first-order valence-corrected chi connectivity index (χ1v) is 6.73. The van der Waals surface area contributed by atoms with Crippen molar-refractivity contribution in [1.29, 1.82) is 0 Å². The summed E-state index contributed by atoms with van der Waals surface area (Å²) in [6.45, 7) is 2.66. The fourth-order valence-electron chi connectivity index (χ4n) is 2.34. The average molecular weight is 271 g/mol. The number of rotatable bonds is 6. The minimum absolute atomic E-state index is 0.0774. The molecule has 0 aliphatic heterocycles. The number of carbonyl (C=O) groups excluding carboxylic acids is 2. The normalized spacial score (nSPS) is 16.7. The fourth-order valence-corrected chi connectivity index (χ4v) is 2.34. The number of carbonyl (C=O) groups is 2. The van der Waals surface area contributed by atoms with Gasteiger partial charge in [-0.1, -0.05) is 0 Å². The van der Waals surface area contributed by atoms with E-state index in [0.717, 1.165) is 12.8 Å². The summed E-state index contributed by atoms with van der Waals surface area (Å²) in [7, 11) is 5.84. The van der Waals surface area contributed by atoms with Gasteiger partial charge in [0.2, 0.25) is 0 Å². The summed E-state index contributed by atoms with van der Waals surface area (Å²) >= 11 is 0. The molecule has 1 saturated carbocycles. The topological polar surface area (TPSA) is 61.9 Å². The average Bonchev–Trinajstić information content (AvgIpc) is 2.30. The standard InChI is InChI=1S/C13H25N3O3/c1-5-19-11(17)9-14-12(18)16(4)10-13(15(2)3)7-6-8-13/h5-10H2,1-4H3,(H,14,18). The van der Waals surface area contributed by atoms with E-state index in [9.17, 15) is 9.59 Å². The Kier molecular flexibility index (Phi) is 5.60. The number of nitrogens with one attached hydrogen (secondary N) is 1. The Bertz CT molecular complexity index is 327. The molecule has 0 aromatic carbocycles. The number of nitrogens with zero attached hydrogens (tertiary/aromatic N) is 2. The molecular formula is C13H25N3O3. The van der Waals surface area contributed by atoms with Crippen LogP contribution >= 0.6 is 0 Å². The highest BCUT2D eigenvalue weighted by atomic mass is 16.5. The molecule has 0 aromatic rings. The molecular weight excluding hydrogens is 246 g/mol. The van der Waals surface area contributed by atoms with Gasteiger partial charge in [-0.25, -0.2) is 4.79 Å². The summed E-state index contributed by atoms with van der Waals surface area (Å²) in [6.07, 6.45) is 3.42. The fraction of sp³-hybridized carbons (Fsp3) is 0.846. The van der Waals surface area contributed by atoms with Crippen molar-refractivity contribution in [3.63, 3.8) is 0 Å². The van der Waals surface area contributed by atoms with Crippen molar-refractivity contribution in [2.24, 2.45) is 0 Å². The Morgan fingerprint density at radius 2 is 1.89 bits per heavy atom. The first-order chi connectivity index (χ1) is 8.91. The van der Waals surface area contributed by atoms with Crippen molar-refractivity contribution in [1.82, 2.24) is 15.1 Å². The van der Waals surface area contributed by atoms with Crippen LogP contribution in [0.2, 0.25) is 0 Å². The van der Waals surface area contributed by atoms with Crippen LogP contribution in [0.15, 0.2) is 0 Å². The largest absolute Gasteiger partial charge is 0.465 e. The minimum Gasteiger partial charge on any atom is -0.465 e. The Hall–Kier alpha value is -1.30. The number of hydrogen-bond acceptors (Lipinski definition) is 4. The lowest BCUT2D eigenvalue weighted by atomic mass is 9.75. The van der Waals surface area contributed by atoms with Gasteiger partial charge in [-0.15, -0.1) is 0 Å². The summed E-state index contributed by atoms with van der Waals surface area (Å²) in [6, 6.07) is -0.235. The molecule has 1 rings (SSSR count). The first-order valence-electron chi connectivity index (χ1n) is 6.73. The molecule has 1 fully saturated rings. The zero-order chi connectivity index (χ0) is 14.5. The van der Waals surface area contributed by atoms with E-state index >= 15 is 0 Å². The van der Waals surface area contributed by atoms with Gasteiger partial charge in [0.15, 0.2) is 0 Å². The van der Waals surface area contributed by atoms with Crippen LogP contribution in [0.5, 0.6) is 0 Å². The van der Waals surface area contributed by atoms with Crippen molar-refractivity contribution in [2.45, 2.75) is 31.7 Å². The minimum atomic E-state index is -0.407. The summed E-state index contributed by atoms with van der Waals surface area (Å²) in [5.41, 5.74) is 0.0933. The van der Waals surface area contributed by atoms with Crippen LogP contribution < -0.4 is 5.32 Å². The zero-order valence-corrected chi connectivity index (χ0v) is 12.4. The molecule has 1 aliphatic rings. The SMILES string of the molecule is CCOC(=O)CNC(=O)N(C)CC1(N(C)C)CCC1. The maximum atomic E-state index is 11.9. The molecule has 1 aliphatic carbocycles. The first kappa shape index (κ1) is 15.8. The van der Waals surface area contributed by atoms with E-state index in [1.165, 1.54) is 6.42 Å². The Morgan fingerprint density at radius 1 is 1.26 bits per heavy atom. The molecule has 19 heavy (non-hydrogen) atoms. The maximum absolute atomic E-state index is 11.9. The van der Waals surface area contributed by atoms with Crippen LogP contribution in [0, 0.1) is 0 Å². The third-order valence-corrected chi connectivity index (χ3v) is 3.80. The molecule has 6 heteroatoms. The van der Waals surface area contributed by atoms with Gasteiger partial charge < -0.3 is 19.9 Å².